The van der Waals surface area contributed by atoms with Gasteiger partial charge in [0, 0.05) is 35.3 Å². The van der Waals surface area contributed by atoms with E-state index < -0.39 is 0 Å². The van der Waals surface area contributed by atoms with Gasteiger partial charge in [0.05, 0.1) is 18.9 Å². The Kier molecular flexibility index (Phi) is 5.81. The van der Waals surface area contributed by atoms with Crippen LogP contribution in [0.5, 0.6) is 0 Å². The maximum Gasteiger partial charge on any atom is 0.274 e. The molecule has 160 valence electrons. The first-order chi connectivity index (χ1) is 14.7. The monoisotopic (exact) mass is 429 g/mol. The van der Waals surface area contributed by atoms with Crippen LogP contribution in [0.3, 0.4) is 0 Å². The molecule has 1 aromatic heterocycles. The highest BCUT2D eigenvalue weighted by atomic mass is 35.5. The first kappa shape index (κ1) is 20.0. The SMILES string of the molecule is O=C(c1nn(-c2ccc(Cl)cc2)c2c1CCCCC2)N1CCC(C2OCCO2)CC1. The molecule has 0 saturated carbocycles. The van der Waals surface area contributed by atoms with Crippen LogP contribution < -0.4 is 0 Å². The molecule has 7 heteroatoms. The average molecular weight is 430 g/mol. The Bertz CT molecular complexity index is 897. The molecule has 0 unspecified atom stereocenters. The first-order valence-corrected chi connectivity index (χ1v) is 11.5. The van der Waals surface area contributed by atoms with Crippen molar-refractivity contribution in [1.82, 2.24) is 14.7 Å². The molecule has 2 fully saturated rings. The Morgan fingerprint density at radius 3 is 2.43 bits per heavy atom. The number of rotatable bonds is 3. The summed E-state index contributed by atoms with van der Waals surface area (Å²) in [6.07, 6.45) is 7.04. The van der Waals surface area contributed by atoms with Gasteiger partial charge in [0.15, 0.2) is 12.0 Å². The summed E-state index contributed by atoms with van der Waals surface area (Å²) in [6.45, 7) is 2.82. The number of ether oxygens (including phenoxy) is 2. The van der Waals surface area contributed by atoms with Crippen molar-refractivity contribution >= 4 is 17.5 Å². The van der Waals surface area contributed by atoms with E-state index in [0.29, 0.717) is 29.8 Å². The molecule has 0 bridgehead atoms. The number of aromatic nitrogens is 2. The van der Waals surface area contributed by atoms with Crippen molar-refractivity contribution in [2.24, 2.45) is 5.92 Å². The van der Waals surface area contributed by atoms with E-state index in [1.165, 1.54) is 12.1 Å². The van der Waals surface area contributed by atoms with E-state index >= 15 is 0 Å². The molecule has 30 heavy (non-hydrogen) atoms. The smallest absolute Gasteiger partial charge is 0.274 e. The molecule has 2 aliphatic heterocycles. The highest BCUT2D eigenvalue weighted by Gasteiger charge is 2.34. The Hall–Kier alpha value is -1.89. The summed E-state index contributed by atoms with van der Waals surface area (Å²) in [5.41, 5.74) is 3.91. The van der Waals surface area contributed by atoms with Crippen LogP contribution in [0.1, 0.15) is 53.8 Å². The number of likely N-dealkylation sites (tertiary alicyclic amines) is 1. The molecule has 0 radical (unpaired) electrons. The maximum atomic E-state index is 13.5. The predicted molar refractivity (Wildman–Crippen MR) is 114 cm³/mol. The molecule has 0 spiro atoms. The fourth-order valence-corrected chi connectivity index (χ4v) is 5.04. The van der Waals surface area contributed by atoms with E-state index in [9.17, 15) is 4.79 Å². The van der Waals surface area contributed by atoms with Crippen LogP contribution in [-0.4, -0.2) is 53.2 Å². The zero-order chi connectivity index (χ0) is 20.5. The van der Waals surface area contributed by atoms with Crippen LogP contribution in [0.15, 0.2) is 24.3 Å². The molecule has 3 aliphatic rings. The number of hydrogen-bond donors (Lipinski definition) is 0. The second-order valence-electron chi connectivity index (χ2n) is 8.46. The van der Waals surface area contributed by atoms with Gasteiger partial charge in [0.1, 0.15) is 0 Å². The molecule has 3 heterocycles. The topological polar surface area (TPSA) is 56.6 Å². The van der Waals surface area contributed by atoms with E-state index in [1.54, 1.807) is 0 Å². The van der Waals surface area contributed by atoms with Crippen LogP contribution >= 0.6 is 11.6 Å². The zero-order valence-corrected chi connectivity index (χ0v) is 17.9. The van der Waals surface area contributed by atoms with Crippen molar-refractivity contribution in [1.29, 1.82) is 0 Å². The van der Waals surface area contributed by atoms with Gasteiger partial charge in [-0.05, 0) is 62.8 Å². The fourth-order valence-electron chi connectivity index (χ4n) is 4.92. The lowest BCUT2D eigenvalue weighted by molar-refractivity contribution is -0.0956. The summed E-state index contributed by atoms with van der Waals surface area (Å²) in [7, 11) is 0. The van der Waals surface area contributed by atoms with Crippen molar-refractivity contribution in [2.75, 3.05) is 26.3 Å². The van der Waals surface area contributed by atoms with Gasteiger partial charge in [-0.1, -0.05) is 18.0 Å². The minimum absolute atomic E-state index is 0.0626. The molecule has 0 atom stereocenters. The van der Waals surface area contributed by atoms with E-state index in [-0.39, 0.29) is 12.2 Å². The molecule has 1 aromatic carbocycles. The zero-order valence-electron chi connectivity index (χ0n) is 17.2. The lowest BCUT2D eigenvalue weighted by Gasteiger charge is -2.33. The summed E-state index contributed by atoms with van der Waals surface area (Å²) in [4.78, 5) is 15.4. The van der Waals surface area contributed by atoms with E-state index in [0.717, 1.165) is 62.9 Å². The van der Waals surface area contributed by atoms with Gasteiger partial charge >= 0.3 is 0 Å². The minimum atomic E-state index is -0.0948. The van der Waals surface area contributed by atoms with Crippen LogP contribution in [0, 0.1) is 5.92 Å². The number of fused-ring (bicyclic) bond motifs is 1. The van der Waals surface area contributed by atoms with Crippen molar-refractivity contribution < 1.29 is 14.3 Å². The number of nitrogens with zero attached hydrogens (tertiary/aromatic N) is 3. The van der Waals surface area contributed by atoms with Crippen LogP contribution in [-0.2, 0) is 22.3 Å². The Morgan fingerprint density at radius 2 is 1.70 bits per heavy atom. The second kappa shape index (κ2) is 8.69. The van der Waals surface area contributed by atoms with Gasteiger partial charge in [0.2, 0.25) is 0 Å². The van der Waals surface area contributed by atoms with Gasteiger partial charge < -0.3 is 14.4 Å². The molecule has 1 aliphatic carbocycles. The molecule has 0 N–H and O–H groups in total. The normalized spacial score (nSPS) is 20.9. The van der Waals surface area contributed by atoms with Crippen molar-refractivity contribution in [3.8, 4) is 5.69 Å². The van der Waals surface area contributed by atoms with Gasteiger partial charge in [-0.2, -0.15) is 5.10 Å². The van der Waals surface area contributed by atoms with Crippen LogP contribution in [0.4, 0.5) is 0 Å². The van der Waals surface area contributed by atoms with Gasteiger partial charge in [0.25, 0.3) is 5.91 Å². The second-order valence-corrected chi connectivity index (χ2v) is 8.90. The Balaban J connectivity index is 1.39. The molecule has 2 saturated heterocycles. The van der Waals surface area contributed by atoms with E-state index in [2.05, 4.69) is 0 Å². The number of amides is 1. The lowest BCUT2D eigenvalue weighted by Crippen LogP contribution is -2.42. The lowest BCUT2D eigenvalue weighted by atomic mass is 9.95. The highest BCUT2D eigenvalue weighted by molar-refractivity contribution is 6.30. The first-order valence-electron chi connectivity index (χ1n) is 11.1. The summed E-state index contributed by atoms with van der Waals surface area (Å²) in [6, 6.07) is 7.70. The van der Waals surface area contributed by atoms with Crippen LogP contribution in [0.25, 0.3) is 5.69 Å². The highest BCUT2D eigenvalue weighted by Crippen LogP contribution is 2.30. The third-order valence-corrected chi connectivity index (χ3v) is 6.82. The van der Waals surface area contributed by atoms with Crippen molar-refractivity contribution in [3.05, 3.63) is 46.2 Å². The number of carbonyl (C=O) groups excluding carboxylic acids is 1. The molecular formula is C23H28ClN3O3. The Labute approximate surface area is 182 Å². The van der Waals surface area contributed by atoms with Crippen LogP contribution in [0.2, 0.25) is 5.02 Å². The third kappa shape index (κ3) is 3.88. The fraction of sp³-hybridized carbons (Fsp3) is 0.565. The number of halogens is 1. The molecule has 6 nitrogen and oxygen atoms in total. The van der Waals surface area contributed by atoms with Gasteiger partial charge in [-0.25, -0.2) is 4.68 Å². The van der Waals surface area contributed by atoms with Gasteiger partial charge in [-0.15, -0.1) is 0 Å². The van der Waals surface area contributed by atoms with E-state index in [1.807, 2.05) is 33.8 Å². The maximum absolute atomic E-state index is 13.5. The number of carbonyl (C=O) groups is 1. The minimum Gasteiger partial charge on any atom is -0.350 e. The number of piperidine rings is 1. The molecule has 5 rings (SSSR count). The largest absolute Gasteiger partial charge is 0.350 e. The average Bonchev–Trinajstić information content (AvgIpc) is 3.37. The van der Waals surface area contributed by atoms with E-state index in [4.69, 9.17) is 26.2 Å². The standard InChI is InChI=1S/C23H28ClN3O3/c24-17-6-8-18(9-7-17)27-20-5-3-1-2-4-19(20)21(25-27)22(28)26-12-10-16(11-13-26)23-29-14-15-30-23/h6-9,16,23H,1-5,10-15H2. The van der Waals surface area contributed by atoms with Crippen molar-refractivity contribution in [2.45, 2.75) is 51.2 Å². The van der Waals surface area contributed by atoms with Gasteiger partial charge in [-0.3, -0.25) is 4.79 Å². The summed E-state index contributed by atoms with van der Waals surface area (Å²) in [5.74, 6) is 0.438. The number of benzene rings is 1. The molecule has 2 aromatic rings. The quantitative estimate of drug-likeness (QED) is 0.691. The Morgan fingerprint density at radius 1 is 1.00 bits per heavy atom. The predicted octanol–water partition coefficient (Wildman–Crippen LogP) is 4.02. The molecule has 1 amide bonds. The number of hydrogen-bond acceptors (Lipinski definition) is 4. The molecular weight excluding hydrogens is 402 g/mol. The summed E-state index contributed by atoms with van der Waals surface area (Å²) < 4.78 is 13.3. The van der Waals surface area contributed by atoms with Crippen molar-refractivity contribution in [3.63, 3.8) is 0 Å². The third-order valence-electron chi connectivity index (χ3n) is 6.56. The summed E-state index contributed by atoms with van der Waals surface area (Å²) >= 11 is 6.08. The summed E-state index contributed by atoms with van der Waals surface area (Å²) in [5, 5.41) is 5.54.